The Morgan fingerprint density at radius 1 is 1.00 bits per heavy atom. The first-order valence-corrected chi connectivity index (χ1v) is 7.12. The monoisotopic (exact) mass is 228 g/mol. The smallest absolute Gasteiger partial charge is 0.0431 e. The lowest BCUT2D eigenvalue weighted by Gasteiger charge is -2.26. The summed E-state index contributed by atoms with van der Waals surface area (Å²) in [6.45, 7) is 9.67. The maximum absolute atomic E-state index is 8.85. The van der Waals surface area contributed by atoms with Gasteiger partial charge in [0.2, 0.25) is 0 Å². The van der Waals surface area contributed by atoms with E-state index in [0.29, 0.717) is 12.0 Å². The molecule has 0 saturated carbocycles. The minimum Gasteiger partial charge on any atom is -0.396 e. The quantitative estimate of drug-likeness (QED) is 0.533. The minimum absolute atomic E-state index is 0.343. The van der Waals surface area contributed by atoms with E-state index in [9.17, 15) is 0 Å². The van der Waals surface area contributed by atoms with Crippen LogP contribution in [0, 0.1) is 11.3 Å². The molecule has 1 atom stereocenters. The van der Waals surface area contributed by atoms with E-state index in [0.717, 1.165) is 18.8 Å². The van der Waals surface area contributed by atoms with E-state index >= 15 is 0 Å². The average molecular weight is 228 g/mol. The fourth-order valence-corrected chi connectivity index (χ4v) is 2.21. The third kappa shape index (κ3) is 9.21. The second-order valence-corrected chi connectivity index (χ2v) is 6.13. The molecule has 0 bridgehead atoms. The summed E-state index contributed by atoms with van der Waals surface area (Å²) < 4.78 is 0. The Balaban J connectivity index is 3.59. The SMILES string of the molecule is CCCCCC(C)CCC(C)(C)CCCO. The van der Waals surface area contributed by atoms with Crippen LogP contribution in [0.25, 0.3) is 0 Å². The number of rotatable bonds is 10. The fourth-order valence-electron chi connectivity index (χ4n) is 2.21. The summed E-state index contributed by atoms with van der Waals surface area (Å²) >= 11 is 0. The van der Waals surface area contributed by atoms with Gasteiger partial charge in [0.05, 0.1) is 0 Å². The van der Waals surface area contributed by atoms with Gasteiger partial charge in [0.25, 0.3) is 0 Å². The first-order valence-electron chi connectivity index (χ1n) is 7.12. The van der Waals surface area contributed by atoms with Crippen molar-refractivity contribution < 1.29 is 5.11 Å². The highest BCUT2D eigenvalue weighted by atomic mass is 16.2. The Bertz CT molecular complexity index is 152. The van der Waals surface area contributed by atoms with E-state index in [4.69, 9.17) is 5.11 Å². The molecule has 1 nitrogen and oxygen atoms in total. The number of hydrogen-bond acceptors (Lipinski definition) is 1. The van der Waals surface area contributed by atoms with Crippen molar-refractivity contribution in [2.24, 2.45) is 11.3 Å². The van der Waals surface area contributed by atoms with Crippen LogP contribution in [-0.2, 0) is 0 Å². The van der Waals surface area contributed by atoms with Gasteiger partial charge in [-0.3, -0.25) is 0 Å². The van der Waals surface area contributed by atoms with Gasteiger partial charge >= 0.3 is 0 Å². The highest BCUT2D eigenvalue weighted by molar-refractivity contribution is 4.70. The lowest BCUT2D eigenvalue weighted by molar-refractivity contribution is 0.220. The van der Waals surface area contributed by atoms with Crippen LogP contribution in [0.2, 0.25) is 0 Å². The van der Waals surface area contributed by atoms with Gasteiger partial charge in [-0.05, 0) is 30.6 Å². The zero-order valence-electron chi connectivity index (χ0n) is 11.9. The highest BCUT2D eigenvalue weighted by Crippen LogP contribution is 2.30. The van der Waals surface area contributed by atoms with Crippen molar-refractivity contribution in [2.75, 3.05) is 6.61 Å². The maximum Gasteiger partial charge on any atom is 0.0431 e. The summed E-state index contributed by atoms with van der Waals surface area (Å²) in [7, 11) is 0. The standard InChI is InChI=1S/C15H32O/c1-5-6-7-9-14(2)10-12-15(3,4)11-8-13-16/h14,16H,5-13H2,1-4H3. The molecular weight excluding hydrogens is 196 g/mol. The second kappa shape index (κ2) is 9.04. The molecule has 0 saturated heterocycles. The predicted molar refractivity (Wildman–Crippen MR) is 72.6 cm³/mol. The molecule has 0 heterocycles. The Hall–Kier alpha value is -0.0400. The van der Waals surface area contributed by atoms with Gasteiger partial charge < -0.3 is 5.11 Å². The molecule has 1 N–H and O–H groups in total. The van der Waals surface area contributed by atoms with Gasteiger partial charge in [-0.1, -0.05) is 59.8 Å². The van der Waals surface area contributed by atoms with Gasteiger partial charge in [-0.15, -0.1) is 0 Å². The van der Waals surface area contributed by atoms with Crippen LogP contribution in [0.15, 0.2) is 0 Å². The van der Waals surface area contributed by atoms with Crippen LogP contribution < -0.4 is 0 Å². The van der Waals surface area contributed by atoms with Crippen molar-refractivity contribution in [1.82, 2.24) is 0 Å². The number of hydrogen-bond donors (Lipinski definition) is 1. The van der Waals surface area contributed by atoms with E-state index in [1.54, 1.807) is 0 Å². The normalized spacial score (nSPS) is 14.1. The predicted octanol–water partition coefficient (Wildman–Crippen LogP) is 4.78. The zero-order chi connectivity index (χ0) is 12.4. The summed E-state index contributed by atoms with van der Waals surface area (Å²) in [5, 5.41) is 8.85. The molecule has 0 rings (SSSR count). The molecule has 0 radical (unpaired) electrons. The molecule has 1 heteroatoms. The average Bonchev–Trinajstić information content (AvgIpc) is 2.24. The van der Waals surface area contributed by atoms with Gasteiger partial charge in [0.15, 0.2) is 0 Å². The molecule has 0 amide bonds. The van der Waals surface area contributed by atoms with E-state index in [1.807, 2.05) is 0 Å². The molecule has 0 fully saturated rings. The molecule has 98 valence electrons. The second-order valence-electron chi connectivity index (χ2n) is 6.13. The van der Waals surface area contributed by atoms with Gasteiger partial charge in [-0.25, -0.2) is 0 Å². The van der Waals surface area contributed by atoms with Crippen molar-refractivity contribution in [1.29, 1.82) is 0 Å². The molecule has 0 aromatic heterocycles. The van der Waals surface area contributed by atoms with Crippen molar-refractivity contribution >= 4 is 0 Å². The van der Waals surface area contributed by atoms with Crippen molar-refractivity contribution in [3.8, 4) is 0 Å². The van der Waals surface area contributed by atoms with Gasteiger partial charge in [0.1, 0.15) is 0 Å². The molecule has 0 aliphatic rings. The molecule has 0 aromatic carbocycles. The van der Waals surface area contributed by atoms with Crippen LogP contribution in [-0.4, -0.2) is 11.7 Å². The van der Waals surface area contributed by atoms with Crippen molar-refractivity contribution in [3.05, 3.63) is 0 Å². The molecular formula is C15H32O. The zero-order valence-corrected chi connectivity index (χ0v) is 11.9. The number of aliphatic hydroxyl groups is 1. The lowest BCUT2D eigenvalue weighted by atomic mass is 9.80. The van der Waals surface area contributed by atoms with Crippen LogP contribution in [0.5, 0.6) is 0 Å². The van der Waals surface area contributed by atoms with E-state index in [2.05, 4.69) is 27.7 Å². The number of aliphatic hydroxyl groups excluding tert-OH is 1. The summed E-state index contributed by atoms with van der Waals surface area (Å²) in [6.07, 6.45) is 10.3. The Kier molecular flexibility index (Phi) is 9.02. The molecule has 0 spiro atoms. The van der Waals surface area contributed by atoms with Gasteiger partial charge in [0, 0.05) is 6.61 Å². The highest BCUT2D eigenvalue weighted by Gasteiger charge is 2.18. The van der Waals surface area contributed by atoms with E-state index in [1.165, 1.54) is 38.5 Å². The molecule has 16 heavy (non-hydrogen) atoms. The Morgan fingerprint density at radius 3 is 2.25 bits per heavy atom. The molecule has 1 unspecified atom stereocenters. The summed E-state index contributed by atoms with van der Waals surface area (Å²) in [6, 6.07) is 0. The van der Waals surface area contributed by atoms with Crippen molar-refractivity contribution in [3.63, 3.8) is 0 Å². The molecule has 0 aromatic rings. The minimum atomic E-state index is 0.343. The Labute approximate surface area is 103 Å². The van der Waals surface area contributed by atoms with Crippen molar-refractivity contribution in [2.45, 2.75) is 79.1 Å². The van der Waals surface area contributed by atoms with Crippen LogP contribution in [0.3, 0.4) is 0 Å². The van der Waals surface area contributed by atoms with E-state index < -0.39 is 0 Å². The lowest BCUT2D eigenvalue weighted by Crippen LogP contribution is -2.13. The van der Waals surface area contributed by atoms with Crippen LogP contribution in [0.4, 0.5) is 0 Å². The third-order valence-corrected chi connectivity index (χ3v) is 3.63. The largest absolute Gasteiger partial charge is 0.396 e. The number of unbranched alkanes of at least 4 members (excludes halogenated alkanes) is 2. The summed E-state index contributed by atoms with van der Waals surface area (Å²) in [5.74, 6) is 0.875. The first kappa shape index (κ1) is 16.0. The molecule has 0 aliphatic heterocycles. The fraction of sp³-hybridized carbons (Fsp3) is 1.00. The van der Waals surface area contributed by atoms with Gasteiger partial charge in [-0.2, -0.15) is 0 Å². The molecule has 0 aliphatic carbocycles. The topological polar surface area (TPSA) is 20.2 Å². The Morgan fingerprint density at radius 2 is 1.69 bits per heavy atom. The van der Waals surface area contributed by atoms with E-state index in [-0.39, 0.29) is 0 Å². The van der Waals surface area contributed by atoms with Crippen LogP contribution in [0.1, 0.15) is 79.1 Å². The first-order chi connectivity index (χ1) is 7.52. The van der Waals surface area contributed by atoms with Crippen LogP contribution >= 0.6 is 0 Å². The maximum atomic E-state index is 8.85. The summed E-state index contributed by atoms with van der Waals surface area (Å²) in [5.41, 5.74) is 0.418. The third-order valence-electron chi connectivity index (χ3n) is 3.63. The summed E-state index contributed by atoms with van der Waals surface area (Å²) in [4.78, 5) is 0.